The van der Waals surface area contributed by atoms with Crippen molar-refractivity contribution in [3.8, 4) is 0 Å². The number of rotatable bonds is 2. The van der Waals surface area contributed by atoms with Gasteiger partial charge in [-0.3, -0.25) is 0 Å². The minimum atomic E-state index is 0.819. The Labute approximate surface area is 54.9 Å². The van der Waals surface area contributed by atoms with Gasteiger partial charge in [0, 0.05) is 18.8 Å². The fourth-order valence-electron chi connectivity index (χ4n) is 0.589. The van der Waals surface area contributed by atoms with Crippen LogP contribution in [0.5, 0.6) is 0 Å². The summed E-state index contributed by atoms with van der Waals surface area (Å²) in [7, 11) is 0. The standard InChI is InChI=1S/C7H9N2/c1-2-8-7-5-3-4-6-9-7/h3-4,6H,2H2,1H3,(H,8,9). The molecule has 47 valence electrons. The van der Waals surface area contributed by atoms with E-state index in [2.05, 4.69) is 16.4 Å². The molecule has 0 unspecified atom stereocenters. The van der Waals surface area contributed by atoms with Gasteiger partial charge in [-0.2, -0.15) is 0 Å². The highest BCUT2D eigenvalue weighted by molar-refractivity contribution is 5.30. The van der Waals surface area contributed by atoms with Gasteiger partial charge in [-0.25, -0.2) is 4.98 Å². The van der Waals surface area contributed by atoms with Crippen molar-refractivity contribution in [3.63, 3.8) is 0 Å². The fraction of sp³-hybridized carbons (Fsp3) is 0.286. The molecule has 0 aliphatic heterocycles. The summed E-state index contributed by atoms with van der Waals surface area (Å²) in [6.07, 6.45) is 1.74. The number of nitrogens with one attached hydrogen (secondary N) is 1. The van der Waals surface area contributed by atoms with Crippen LogP contribution in [0.2, 0.25) is 0 Å². The zero-order valence-corrected chi connectivity index (χ0v) is 5.39. The molecule has 0 amide bonds. The lowest BCUT2D eigenvalue weighted by Crippen LogP contribution is -1.97. The van der Waals surface area contributed by atoms with Gasteiger partial charge in [0.05, 0.1) is 0 Å². The van der Waals surface area contributed by atoms with Crippen molar-refractivity contribution < 1.29 is 0 Å². The molecule has 1 radical (unpaired) electrons. The average Bonchev–Trinajstić information content (AvgIpc) is 1.91. The molecule has 2 nitrogen and oxygen atoms in total. The van der Waals surface area contributed by atoms with Crippen molar-refractivity contribution in [3.05, 3.63) is 24.4 Å². The topological polar surface area (TPSA) is 24.9 Å². The van der Waals surface area contributed by atoms with Crippen LogP contribution in [0.3, 0.4) is 0 Å². The van der Waals surface area contributed by atoms with E-state index in [9.17, 15) is 0 Å². The highest BCUT2D eigenvalue weighted by Gasteiger charge is 1.84. The maximum atomic E-state index is 4.00. The summed E-state index contributed by atoms with van der Waals surface area (Å²) in [5.41, 5.74) is 0. The van der Waals surface area contributed by atoms with Gasteiger partial charge in [0.2, 0.25) is 0 Å². The largest absolute Gasteiger partial charge is 0.370 e. The number of hydrogen-bond acceptors (Lipinski definition) is 2. The zero-order valence-electron chi connectivity index (χ0n) is 5.39. The van der Waals surface area contributed by atoms with Crippen LogP contribution in [-0.4, -0.2) is 11.5 Å². The molecule has 1 N–H and O–H groups in total. The molecule has 0 saturated heterocycles. The SMILES string of the molecule is CCNc1[c]cccn1. The number of anilines is 1. The first-order valence-electron chi connectivity index (χ1n) is 3.00. The summed E-state index contributed by atoms with van der Waals surface area (Å²) in [4.78, 5) is 4.00. The molecule has 0 spiro atoms. The minimum absolute atomic E-state index is 0.819. The number of hydrogen-bond donors (Lipinski definition) is 1. The fourth-order valence-corrected chi connectivity index (χ4v) is 0.589. The summed E-state index contributed by atoms with van der Waals surface area (Å²) in [5.74, 6) is 0.819. The Morgan fingerprint density at radius 3 is 3.22 bits per heavy atom. The van der Waals surface area contributed by atoms with Gasteiger partial charge in [0.1, 0.15) is 5.82 Å². The summed E-state index contributed by atoms with van der Waals surface area (Å²) in [5, 5.41) is 3.04. The van der Waals surface area contributed by atoms with E-state index in [1.807, 2.05) is 19.1 Å². The molecule has 2 heteroatoms. The molecule has 0 aliphatic rings. The first-order chi connectivity index (χ1) is 4.43. The van der Waals surface area contributed by atoms with Crippen molar-refractivity contribution in [1.82, 2.24) is 4.98 Å². The molecule has 0 fully saturated rings. The van der Waals surface area contributed by atoms with Crippen LogP contribution < -0.4 is 5.32 Å². The van der Waals surface area contributed by atoms with Crippen LogP contribution in [-0.2, 0) is 0 Å². The van der Waals surface area contributed by atoms with Crippen molar-refractivity contribution in [2.24, 2.45) is 0 Å². The smallest absolute Gasteiger partial charge is 0.133 e. The highest BCUT2D eigenvalue weighted by Crippen LogP contribution is 1.95. The molecule has 0 bridgehead atoms. The summed E-state index contributed by atoms with van der Waals surface area (Å²) >= 11 is 0. The van der Waals surface area contributed by atoms with Crippen molar-refractivity contribution in [2.45, 2.75) is 6.92 Å². The summed E-state index contributed by atoms with van der Waals surface area (Å²) in [6.45, 7) is 2.93. The quantitative estimate of drug-likeness (QED) is 0.638. The van der Waals surface area contributed by atoms with E-state index >= 15 is 0 Å². The van der Waals surface area contributed by atoms with Gasteiger partial charge in [0.15, 0.2) is 0 Å². The monoisotopic (exact) mass is 121 g/mol. The van der Waals surface area contributed by atoms with Crippen LogP contribution >= 0.6 is 0 Å². The molecule has 1 rings (SSSR count). The zero-order chi connectivity index (χ0) is 6.53. The predicted octanol–water partition coefficient (Wildman–Crippen LogP) is 1.31. The molecule has 1 aromatic heterocycles. The second-order valence-corrected chi connectivity index (χ2v) is 1.66. The molecule has 1 heterocycles. The Morgan fingerprint density at radius 2 is 2.67 bits per heavy atom. The third-order valence-electron chi connectivity index (χ3n) is 0.950. The van der Waals surface area contributed by atoms with E-state index in [1.165, 1.54) is 0 Å². The van der Waals surface area contributed by atoms with Crippen LogP contribution in [0.15, 0.2) is 18.3 Å². The predicted molar refractivity (Wildman–Crippen MR) is 37.2 cm³/mol. The Kier molecular flexibility index (Phi) is 2.07. The van der Waals surface area contributed by atoms with E-state index in [4.69, 9.17) is 0 Å². The Hall–Kier alpha value is -1.05. The van der Waals surface area contributed by atoms with Gasteiger partial charge >= 0.3 is 0 Å². The maximum absolute atomic E-state index is 4.00. The number of pyridine rings is 1. The normalized spacial score (nSPS) is 9.00. The molecule has 0 atom stereocenters. The maximum Gasteiger partial charge on any atom is 0.133 e. The molecule has 1 aromatic rings. The third kappa shape index (κ3) is 1.72. The van der Waals surface area contributed by atoms with E-state index in [0.29, 0.717) is 0 Å². The van der Waals surface area contributed by atoms with Gasteiger partial charge in [-0.1, -0.05) is 0 Å². The third-order valence-corrected chi connectivity index (χ3v) is 0.950. The second-order valence-electron chi connectivity index (χ2n) is 1.66. The number of nitrogens with zero attached hydrogens (tertiary/aromatic N) is 1. The Bertz CT molecular complexity index is 160. The van der Waals surface area contributed by atoms with Gasteiger partial charge in [-0.05, 0) is 19.1 Å². The summed E-state index contributed by atoms with van der Waals surface area (Å²) in [6, 6.07) is 6.63. The van der Waals surface area contributed by atoms with E-state index in [1.54, 1.807) is 6.20 Å². The molecular weight excluding hydrogens is 112 g/mol. The molecule has 9 heavy (non-hydrogen) atoms. The molecule has 0 aliphatic carbocycles. The Balaban J connectivity index is 2.61. The van der Waals surface area contributed by atoms with E-state index in [-0.39, 0.29) is 0 Å². The van der Waals surface area contributed by atoms with Gasteiger partial charge in [0.25, 0.3) is 0 Å². The highest BCUT2D eigenvalue weighted by atomic mass is 15.0. The molecule has 0 saturated carbocycles. The van der Waals surface area contributed by atoms with E-state index in [0.717, 1.165) is 12.4 Å². The van der Waals surface area contributed by atoms with Crippen LogP contribution in [0.4, 0.5) is 5.82 Å². The second kappa shape index (κ2) is 3.07. The minimum Gasteiger partial charge on any atom is -0.370 e. The average molecular weight is 121 g/mol. The molecular formula is C7H9N2. The lowest BCUT2D eigenvalue weighted by molar-refractivity contribution is 1.16. The van der Waals surface area contributed by atoms with Gasteiger partial charge in [-0.15, -0.1) is 0 Å². The van der Waals surface area contributed by atoms with Crippen LogP contribution in [0.1, 0.15) is 6.92 Å². The lowest BCUT2D eigenvalue weighted by atomic mass is 10.5. The van der Waals surface area contributed by atoms with Crippen molar-refractivity contribution in [1.29, 1.82) is 0 Å². The van der Waals surface area contributed by atoms with Crippen LogP contribution in [0.25, 0.3) is 0 Å². The number of aromatic nitrogens is 1. The van der Waals surface area contributed by atoms with E-state index < -0.39 is 0 Å². The van der Waals surface area contributed by atoms with Crippen molar-refractivity contribution in [2.75, 3.05) is 11.9 Å². The van der Waals surface area contributed by atoms with Crippen molar-refractivity contribution >= 4 is 5.82 Å². The van der Waals surface area contributed by atoms with Gasteiger partial charge < -0.3 is 5.32 Å². The lowest BCUT2D eigenvalue weighted by Gasteiger charge is -1.97. The van der Waals surface area contributed by atoms with Crippen LogP contribution in [0, 0.1) is 6.07 Å². The summed E-state index contributed by atoms with van der Waals surface area (Å²) < 4.78 is 0. The molecule has 0 aromatic carbocycles. The first kappa shape index (κ1) is 6.08. The Morgan fingerprint density at radius 1 is 1.78 bits per heavy atom. The first-order valence-corrected chi connectivity index (χ1v) is 3.00.